The summed E-state index contributed by atoms with van der Waals surface area (Å²) in [7, 11) is 0. The number of thioether (sulfide) groups is 1. The fourth-order valence-corrected chi connectivity index (χ4v) is 5.58. The second-order valence-corrected chi connectivity index (χ2v) is 11.3. The van der Waals surface area contributed by atoms with Gasteiger partial charge in [0, 0.05) is 31.2 Å². The standard InChI is InChI=1S/C32H34N4O6S/c1-20(40-21(2)38)30(39)33-16-23-4-3-5-27(14-23)24-10-12-26(13-11-24)31-41-28(18-43-32-34-19-35-36-32)15-29(42-31)25-8-6-22(17-37)7-9-25/h3-14,19-20,28-29,31,37H,15-18H2,1-2H3,(H,33,39)(H,34,35,36). The van der Waals surface area contributed by atoms with Crippen molar-refractivity contribution < 1.29 is 28.9 Å². The van der Waals surface area contributed by atoms with Crippen LogP contribution in [0.4, 0.5) is 0 Å². The van der Waals surface area contributed by atoms with Gasteiger partial charge in [-0.3, -0.25) is 14.7 Å². The van der Waals surface area contributed by atoms with Crippen molar-refractivity contribution in [3.63, 3.8) is 0 Å². The van der Waals surface area contributed by atoms with Crippen LogP contribution in [-0.2, 0) is 37.0 Å². The van der Waals surface area contributed by atoms with Gasteiger partial charge in [-0.1, -0.05) is 78.5 Å². The molecule has 1 aliphatic heterocycles. The fraction of sp³-hybridized carbons (Fsp3) is 0.312. The summed E-state index contributed by atoms with van der Waals surface area (Å²) in [5.74, 6) is -0.163. The van der Waals surface area contributed by atoms with E-state index in [1.807, 2.05) is 72.8 Å². The first-order chi connectivity index (χ1) is 20.9. The number of aliphatic hydroxyl groups is 1. The van der Waals surface area contributed by atoms with Crippen LogP contribution in [0.15, 0.2) is 84.3 Å². The van der Waals surface area contributed by atoms with Crippen LogP contribution >= 0.6 is 11.8 Å². The molecule has 1 saturated heterocycles. The van der Waals surface area contributed by atoms with E-state index in [1.54, 1.807) is 18.7 Å². The molecule has 3 N–H and O–H groups in total. The van der Waals surface area contributed by atoms with Gasteiger partial charge >= 0.3 is 5.97 Å². The van der Waals surface area contributed by atoms with Gasteiger partial charge in [0.15, 0.2) is 17.6 Å². The van der Waals surface area contributed by atoms with Crippen molar-refractivity contribution in [2.75, 3.05) is 5.75 Å². The topological polar surface area (TPSA) is 136 Å². The molecule has 0 spiro atoms. The maximum atomic E-state index is 12.2. The largest absolute Gasteiger partial charge is 0.453 e. The van der Waals surface area contributed by atoms with E-state index in [9.17, 15) is 14.7 Å². The van der Waals surface area contributed by atoms with Gasteiger partial charge in [-0.15, -0.1) is 0 Å². The van der Waals surface area contributed by atoms with E-state index >= 15 is 0 Å². The third-order valence-corrected chi connectivity index (χ3v) is 8.04. The number of carbonyl (C=O) groups excluding carboxylic acids is 2. The van der Waals surface area contributed by atoms with E-state index in [0.717, 1.165) is 38.5 Å². The van der Waals surface area contributed by atoms with Gasteiger partial charge in [0.05, 0.1) is 18.8 Å². The molecule has 3 aromatic carbocycles. The lowest BCUT2D eigenvalue weighted by atomic mass is 9.99. The van der Waals surface area contributed by atoms with E-state index in [1.165, 1.54) is 13.3 Å². The van der Waals surface area contributed by atoms with Crippen LogP contribution in [0.5, 0.6) is 0 Å². The minimum absolute atomic E-state index is 0.00678. The molecule has 11 heteroatoms. The van der Waals surface area contributed by atoms with Crippen LogP contribution in [0.2, 0.25) is 0 Å². The number of rotatable bonds is 11. The van der Waals surface area contributed by atoms with Crippen molar-refractivity contribution >= 4 is 23.6 Å². The zero-order valence-electron chi connectivity index (χ0n) is 23.9. The molecule has 10 nitrogen and oxygen atoms in total. The molecular weight excluding hydrogens is 568 g/mol. The van der Waals surface area contributed by atoms with E-state index < -0.39 is 18.4 Å². The number of amides is 1. The molecule has 0 radical (unpaired) electrons. The average molecular weight is 603 g/mol. The first-order valence-electron chi connectivity index (χ1n) is 14.0. The zero-order chi connectivity index (χ0) is 30.2. The summed E-state index contributed by atoms with van der Waals surface area (Å²) >= 11 is 1.55. The minimum Gasteiger partial charge on any atom is -0.453 e. The smallest absolute Gasteiger partial charge is 0.303 e. The van der Waals surface area contributed by atoms with Gasteiger partial charge < -0.3 is 24.6 Å². The number of hydrogen-bond donors (Lipinski definition) is 3. The monoisotopic (exact) mass is 602 g/mol. The van der Waals surface area contributed by atoms with Crippen LogP contribution < -0.4 is 5.32 Å². The van der Waals surface area contributed by atoms with Gasteiger partial charge in [-0.05, 0) is 40.8 Å². The first kappa shape index (κ1) is 30.4. The maximum Gasteiger partial charge on any atom is 0.303 e. The highest BCUT2D eigenvalue weighted by Crippen LogP contribution is 2.39. The normalized spacial score (nSPS) is 19.0. The van der Waals surface area contributed by atoms with Gasteiger partial charge in [-0.2, -0.15) is 5.10 Å². The minimum atomic E-state index is -0.850. The van der Waals surface area contributed by atoms with E-state index in [4.69, 9.17) is 14.2 Å². The first-order valence-corrected chi connectivity index (χ1v) is 15.0. The molecule has 1 aromatic heterocycles. The molecule has 1 aliphatic rings. The van der Waals surface area contributed by atoms with Crippen molar-refractivity contribution in [2.24, 2.45) is 0 Å². The fourth-order valence-electron chi connectivity index (χ4n) is 4.79. The number of benzene rings is 3. The summed E-state index contributed by atoms with van der Waals surface area (Å²) in [6, 6.07) is 23.8. The molecule has 1 fully saturated rings. The van der Waals surface area contributed by atoms with Gasteiger partial charge in [0.1, 0.15) is 6.33 Å². The lowest BCUT2D eigenvalue weighted by Crippen LogP contribution is -2.35. The van der Waals surface area contributed by atoms with Crippen LogP contribution in [0.3, 0.4) is 0 Å². The number of nitrogens with one attached hydrogen (secondary N) is 2. The zero-order valence-corrected chi connectivity index (χ0v) is 24.8. The van der Waals surface area contributed by atoms with Gasteiger partial charge in [-0.25, -0.2) is 4.98 Å². The van der Waals surface area contributed by atoms with E-state index in [0.29, 0.717) is 18.7 Å². The Bertz CT molecular complexity index is 1500. The Labute approximate surface area is 254 Å². The van der Waals surface area contributed by atoms with Gasteiger partial charge in [0.25, 0.3) is 5.91 Å². The van der Waals surface area contributed by atoms with Crippen LogP contribution in [0.1, 0.15) is 54.9 Å². The summed E-state index contributed by atoms with van der Waals surface area (Å²) in [6.45, 7) is 3.13. The molecule has 4 atom stereocenters. The second-order valence-electron chi connectivity index (χ2n) is 10.2. The van der Waals surface area contributed by atoms with Crippen LogP contribution in [0, 0.1) is 0 Å². The molecule has 4 unspecified atom stereocenters. The second kappa shape index (κ2) is 14.4. The average Bonchev–Trinajstić information content (AvgIpc) is 3.56. The van der Waals surface area contributed by atoms with Crippen molar-refractivity contribution in [2.45, 2.75) is 63.2 Å². The highest BCUT2D eigenvalue weighted by Gasteiger charge is 2.32. The van der Waals surface area contributed by atoms with Gasteiger partial charge in [0.2, 0.25) is 0 Å². The Morgan fingerprint density at radius 3 is 2.51 bits per heavy atom. The SMILES string of the molecule is CC(=O)OC(C)C(=O)NCc1cccc(-c2ccc(C3OC(CSc4ncn[nH]4)CC(c4ccc(CO)cc4)O3)cc2)c1. The van der Waals surface area contributed by atoms with Crippen molar-refractivity contribution in [1.82, 2.24) is 20.5 Å². The number of esters is 1. The molecule has 0 bridgehead atoms. The molecular formula is C32H34N4O6S. The van der Waals surface area contributed by atoms with Crippen molar-refractivity contribution in [1.29, 1.82) is 0 Å². The molecule has 43 heavy (non-hydrogen) atoms. The number of aromatic nitrogens is 3. The number of hydrogen-bond acceptors (Lipinski definition) is 9. The quantitative estimate of drug-likeness (QED) is 0.162. The highest BCUT2D eigenvalue weighted by atomic mass is 32.2. The lowest BCUT2D eigenvalue weighted by Gasteiger charge is -2.36. The predicted molar refractivity (Wildman–Crippen MR) is 160 cm³/mol. The molecule has 5 rings (SSSR count). The molecule has 4 aromatic rings. The summed E-state index contributed by atoms with van der Waals surface area (Å²) < 4.78 is 17.8. The Morgan fingerprint density at radius 1 is 1.05 bits per heavy atom. The Kier molecular flexibility index (Phi) is 10.2. The third kappa shape index (κ3) is 8.29. The van der Waals surface area contributed by atoms with E-state index in [2.05, 4.69) is 20.5 Å². The third-order valence-electron chi connectivity index (χ3n) is 7.04. The van der Waals surface area contributed by atoms with E-state index in [-0.39, 0.29) is 24.7 Å². The Balaban J connectivity index is 1.28. The van der Waals surface area contributed by atoms with Crippen LogP contribution in [-0.4, -0.2) is 50.1 Å². The molecule has 224 valence electrons. The molecule has 0 aliphatic carbocycles. The number of nitrogens with zero attached hydrogens (tertiary/aromatic N) is 2. The number of ether oxygens (including phenoxy) is 3. The van der Waals surface area contributed by atoms with Crippen molar-refractivity contribution in [3.05, 3.63) is 101 Å². The highest BCUT2D eigenvalue weighted by molar-refractivity contribution is 7.99. The number of aromatic amines is 1. The Morgan fingerprint density at radius 2 is 1.81 bits per heavy atom. The summed E-state index contributed by atoms with van der Waals surface area (Å²) in [5.41, 5.74) is 5.71. The van der Waals surface area contributed by atoms with Crippen LogP contribution in [0.25, 0.3) is 11.1 Å². The number of H-pyrrole nitrogens is 1. The maximum absolute atomic E-state index is 12.2. The number of aliphatic hydroxyl groups excluding tert-OH is 1. The van der Waals surface area contributed by atoms with Crippen molar-refractivity contribution in [3.8, 4) is 11.1 Å². The predicted octanol–water partition coefficient (Wildman–Crippen LogP) is 4.87. The summed E-state index contributed by atoms with van der Waals surface area (Å²) in [5, 5.41) is 19.8. The molecule has 2 heterocycles. The Hall–Kier alpha value is -4.03. The lowest BCUT2D eigenvalue weighted by molar-refractivity contribution is -0.245. The molecule has 0 saturated carbocycles. The summed E-state index contributed by atoms with van der Waals surface area (Å²) in [4.78, 5) is 27.6. The number of carbonyl (C=O) groups is 2. The summed E-state index contributed by atoms with van der Waals surface area (Å²) in [6.07, 6.45) is 0.482. The molecule has 1 amide bonds.